The van der Waals surface area contributed by atoms with E-state index in [4.69, 9.17) is 14.2 Å². The third kappa shape index (κ3) is 5.33. The summed E-state index contributed by atoms with van der Waals surface area (Å²) in [6, 6.07) is 11.7. The average Bonchev–Trinajstić information content (AvgIpc) is 2.66. The zero-order valence-corrected chi connectivity index (χ0v) is 16.5. The van der Waals surface area contributed by atoms with Gasteiger partial charge in [-0.2, -0.15) is 0 Å². The molecule has 2 aromatic rings. The lowest BCUT2D eigenvalue weighted by molar-refractivity contribution is 0.0842. The first kappa shape index (κ1) is 20.0. The normalized spacial score (nSPS) is 10.1. The molecule has 0 aliphatic heterocycles. The number of hydrogen-bond acceptors (Lipinski definition) is 5. The molecule has 138 valence electrons. The summed E-state index contributed by atoms with van der Waals surface area (Å²) in [5, 5.41) is 0. The molecule has 2 aromatic carbocycles. The highest BCUT2D eigenvalue weighted by molar-refractivity contribution is 14.1. The van der Waals surface area contributed by atoms with Crippen LogP contribution < -0.4 is 20.3 Å². The summed E-state index contributed by atoms with van der Waals surface area (Å²) in [4.78, 5) is 24.6. The molecule has 8 heteroatoms. The molecule has 0 unspecified atom stereocenters. The summed E-state index contributed by atoms with van der Waals surface area (Å²) in [5.74, 6) is 0.176. The summed E-state index contributed by atoms with van der Waals surface area (Å²) >= 11 is 2.07. The van der Waals surface area contributed by atoms with Crippen molar-refractivity contribution in [1.82, 2.24) is 10.9 Å². The van der Waals surface area contributed by atoms with E-state index in [9.17, 15) is 9.59 Å². The van der Waals surface area contributed by atoms with E-state index in [0.717, 1.165) is 3.57 Å². The van der Waals surface area contributed by atoms with Gasteiger partial charge in [0.2, 0.25) is 0 Å². The van der Waals surface area contributed by atoms with Gasteiger partial charge in [0.1, 0.15) is 18.1 Å². The van der Waals surface area contributed by atoms with Crippen LogP contribution in [0.25, 0.3) is 0 Å². The molecular weight excluding hydrogens is 451 g/mol. The van der Waals surface area contributed by atoms with E-state index in [1.165, 1.54) is 0 Å². The number of hydrogen-bond donors (Lipinski definition) is 2. The van der Waals surface area contributed by atoms with Gasteiger partial charge in [-0.25, -0.2) is 0 Å². The van der Waals surface area contributed by atoms with Crippen LogP contribution in [0.4, 0.5) is 0 Å². The summed E-state index contributed by atoms with van der Waals surface area (Å²) in [6.45, 7) is 0.722. The van der Waals surface area contributed by atoms with Crippen molar-refractivity contribution < 1.29 is 23.8 Å². The Balaban J connectivity index is 2.00. The predicted octanol–water partition coefficient (Wildman–Crippen LogP) is 2.40. The van der Waals surface area contributed by atoms with Gasteiger partial charge in [0.15, 0.2) is 0 Å². The number of hydrazine groups is 1. The van der Waals surface area contributed by atoms with Crippen LogP contribution in [0.15, 0.2) is 42.5 Å². The zero-order chi connectivity index (χ0) is 18.9. The number of benzene rings is 2. The molecule has 0 bridgehead atoms. The number of nitrogens with one attached hydrogen (secondary N) is 2. The van der Waals surface area contributed by atoms with Crippen molar-refractivity contribution in [3.05, 3.63) is 57.2 Å². The number of halogens is 1. The van der Waals surface area contributed by atoms with Crippen molar-refractivity contribution >= 4 is 34.4 Å². The fourth-order valence-electron chi connectivity index (χ4n) is 2.08. The molecule has 0 spiro atoms. The Morgan fingerprint density at radius 1 is 0.962 bits per heavy atom. The van der Waals surface area contributed by atoms with E-state index in [1.807, 2.05) is 0 Å². The van der Waals surface area contributed by atoms with Crippen LogP contribution in [0.3, 0.4) is 0 Å². The van der Waals surface area contributed by atoms with Crippen molar-refractivity contribution in [3.8, 4) is 11.5 Å². The Bertz CT molecular complexity index is 782. The third-order valence-electron chi connectivity index (χ3n) is 3.38. The van der Waals surface area contributed by atoms with Crippen molar-refractivity contribution in [3.63, 3.8) is 0 Å². The van der Waals surface area contributed by atoms with E-state index >= 15 is 0 Å². The van der Waals surface area contributed by atoms with Crippen molar-refractivity contribution in [2.75, 3.05) is 27.4 Å². The van der Waals surface area contributed by atoms with Gasteiger partial charge < -0.3 is 14.2 Å². The number of carbonyl (C=O) groups is 2. The van der Waals surface area contributed by atoms with Gasteiger partial charge in [0.05, 0.1) is 22.9 Å². The van der Waals surface area contributed by atoms with Crippen LogP contribution in [0, 0.1) is 3.57 Å². The second-order valence-electron chi connectivity index (χ2n) is 5.09. The smallest absolute Gasteiger partial charge is 0.273 e. The minimum atomic E-state index is -0.477. The second-order valence-corrected chi connectivity index (χ2v) is 6.26. The first-order valence-corrected chi connectivity index (χ1v) is 8.79. The van der Waals surface area contributed by atoms with Crippen molar-refractivity contribution in [2.45, 2.75) is 0 Å². The highest BCUT2D eigenvalue weighted by atomic mass is 127. The Morgan fingerprint density at radius 3 is 2.38 bits per heavy atom. The third-order valence-corrected chi connectivity index (χ3v) is 4.22. The van der Waals surface area contributed by atoms with Crippen molar-refractivity contribution in [2.24, 2.45) is 0 Å². The monoisotopic (exact) mass is 470 g/mol. The molecule has 0 saturated carbocycles. The largest absolute Gasteiger partial charge is 0.496 e. The molecule has 7 nitrogen and oxygen atoms in total. The standard InChI is InChI=1S/C18H19IN2O5/c1-24-9-10-26-15-6-4-3-5-13(15)18(23)21-20-17(22)12-7-8-16(25-2)14(19)11-12/h3-8,11H,9-10H2,1-2H3,(H,20,22)(H,21,23). The Morgan fingerprint density at radius 2 is 1.69 bits per heavy atom. The van der Waals surface area contributed by atoms with Gasteiger partial charge >= 0.3 is 0 Å². The van der Waals surface area contributed by atoms with Crippen LogP contribution in [0.2, 0.25) is 0 Å². The lowest BCUT2D eigenvalue weighted by Gasteiger charge is -2.12. The van der Waals surface area contributed by atoms with Crippen LogP contribution >= 0.6 is 22.6 Å². The minimum Gasteiger partial charge on any atom is -0.496 e. The number of ether oxygens (including phenoxy) is 3. The quantitative estimate of drug-likeness (QED) is 0.369. The number of amides is 2. The zero-order valence-electron chi connectivity index (χ0n) is 14.4. The Labute approximate surface area is 165 Å². The summed E-state index contributed by atoms with van der Waals surface area (Å²) in [7, 11) is 3.13. The molecule has 2 rings (SSSR count). The Hall–Kier alpha value is -2.33. The molecule has 0 fully saturated rings. The van der Waals surface area contributed by atoms with E-state index in [-0.39, 0.29) is 0 Å². The van der Waals surface area contributed by atoms with Gasteiger partial charge in [0, 0.05) is 12.7 Å². The number of carbonyl (C=O) groups excluding carboxylic acids is 2. The van der Waals surface area contributed by atoms with Gasteiger partial charge in [-0.3, -0.25) is 20.4 Å². The molecule has 0 aromatic heterocycles. The fourth-order valence-corrected chi connectivity index (χ4v) is 2.81. The molecule has 0 aliphatic rings. The van der Waals surface area contributed by atoms with Crippen LogP contribution in [0.5, 0.6) is 11.5 Å². The van der Waals surface area contributed by atoms with Crippen LogP contribution in [-0.4, -0.2) is 39.2 Å². The molecule has 0 aliphatic carbocycles. The number of para-hydroxylation sites is 1. The Kier molecular flexibility index (Phi) is 7.67. The molecule has 2 amide bonds. The maximum absolute atomic E-state index is 12.3. The summed E-state index contributed by atoms with van der Waals surface area (Å²) < 4.78 is 16.4. The lowest BCUT2D eigenvalue weighted by atomic mass is 10.2. The van der Waals surface area contributed by atoms with E-state index in [1.54, 1.807) is 56.7 Å². The lowest BCUT2D eigenvalue weighted by Crippen LogP contribution is -2.41. The topological polar surface area (TPSA) is 85.9 Å². The first-order chi connectivity index (χ1) is 12.6. The van der Waals surface area contributed by atoms with E-state index < -0.39 is 11.8 Å². The van der Waals surface area contributed by atoms with E-state index in [0.29, 0.717) is 35.8 Å². The number of methoxy groups -OCH3 is 2. The van der Waals surface area contributed by atoms with Gasteiger partial charge in [0.25, 0.3) is 11.8 Å². The molecule has 0 heterocycles. The highest BCUT2D eigenvalue weighted by Gasteiger charge is 2.14. The average molecular weight is 470 g/mol. The molecule has 0 saturated heterocycles. The maximum Gasteiger partial charge on any atom is 0.273 e. The van der Waals surface area contributed by atoms with Gasteiger partial charge in [-0.05, 0) is 52.9 Å². The summed E-state index contributed by atoms with van der Waals surface area (Å²) in [5.41, 5.74) is 5.50. The molecule has 0 radical (unpaired) electrons. The van der Waals surface area contributed by atoms with Gasteiger partial charge in [-0.1, -0.05) is 12.1 Å². The molecular formula is C18H19IN2O5. The second kappa shape index (κ2) is 9.97. The van der Waals surface area contributed by atoms with Crippen LogP contribution in [0.1, 0.15) is 20.7 Å². The van der Waals surface area contributed by atoms with Crippen molar-refractivity contribution in [1.29, 1.82) is 0 Å². The SMILES string of the molecule is COCCOc1ccccc1C(=O)NNC(=O)c1ccc(OC)c(I)c1. The van der Waals surface area contributed by atoms with Crippen LogP contribution in [-0.2, 0) is 4.74 Å². The van der Waals surface area contributed by atoms with E-state index in [2.05, 4.69) is 33.4 Å². The first-order valence-electron chi connectivity index (χ1n) is 7.71. The van der Waals surface area contributed by atoms with Gasteiger partial charge in [-0.15, -0.1) is 0 Å². The highest BCUT2D eigenvalue weighted by Crippen LogP contribution is 2.21. The number of rotatable bonds is 7. The maximum atomic E-state index is 12.3. The summed E-state index contributed by atoms with van der Waals surface area (Å²) in [6.07, 6.45) is 0. The minimum absolute atomic E-state index is 0.313. The predicted molar refractivity (Wildman–Crippen MR) is 104 cm³/mol. The molecule has 0 atom stereocenters. The molecule has 26 heavy (non-hydrogen) atoms. The molecule has 2 N–H and O–H groups in total. The fraction of sp³-hybridized carbons (Fsp3) is 0.222.